The first kappa shape index (κ1) is 13.1. The Hall–Kier alpha value is -1.34. The van der Waals surface area contributed by atoms with Crippen molar-refractivity contribution < 1.29 is 19.4 Å². The van der Waals surface area contributed by atoms with Gasteiger partial charge >= 0.3 is 6.01 Å². The van der Waals surface area contributed by atoms with E-state index in [1.807, 2.05) is 6.92 Å². The molecule has 1 fully saturated rings. The molecule has 6 nitrogen and oxygen atoms in total. The normalized spacial score (nSPS) is 23.1. The van der Waals surface area contributed by atoms with Crippen molar-refractivity contribution >= 4 is 17.5 Å². The highest BCUT2D eigenvalue weighted by atomic mass is 32.2. The highest BCUT2D eigenvalue weighted by molar-refractivity contribution is 8.01. The molecule has 0 spiro atoms. The highest BCUT2D eigenvalue weighted by Gasteiger charge is 2.32. The second-order valence-corrected chi connectivity index (χ2v) is 5.06. The van der Waals surface area contributed by atoms with Crippen LogP contribution in [0.15, 0.2) is 12.3 Å². The molecule has 1 aromatic rings. The number of Topliss-reactive ketones (excluding diaryl/α,β-unsaturated/α-hetero) is 1. The van der Waals surface area contributed by atoms with Gasteiger partial charge in [0.2, 0.25) is 5.88 Å². The van der Waals surface area contributed by atoms with Crippen LogP contribution in [0.25, 0.3) is 0 Å². The summed E-state index contributed by atoms with van der Waals surface area (Å²) >= 11 is 1.20. The smallest absolute Gasteiger partial charge is 0.319 e. The SMILES string of the molecule is CCOc1ccnc(OCC2SC(O)CC2=O)n1. The van der Waals surface area contributed by atoms with Crippen molar-refractivity contribution in [3.05, 3.63) is 12.3 Å². The van der Waals surface area contributed by atoms with Gasteiger partial charge in [-0.3, -0.25) is 4.79 Å². The van der Waals surface area contributed by atoms with E-state index < -0.39 is 5.44 Å². The Morgan fingerprint density at radius 3 is 3.06 bits per heavy atom. The molecule has 0 radical (unpaired) electrons. The molecule has 1 aliphatic heterocycles. The number of ether oxygens (including phenoxy) is 2. The first-order chi connectivity index (χ1) is 8.69. The van der Waals surface area contributed by atoms with E-state index in [0.29, 0.717) is 12.5 Å². The molecule has 2 unspecified atom stereocenters. The third-order valence-corrected chi connectivity index (χ3v) is 3.53. The predicted molar refractivity (Wildman–Crippen MR) is 65.7 cm³/mol. The second kappa shape index (κ2) is 6.01. The number of carbonyl (C=O) groups excluding carboxylic acids is 1. The van der Waals surface area contributed by atoms with Crippen LogP contribution >= 0.6 is 11.8 Å². The molecule has 0 amide bonds. The van der Waals surface area contributed by atoms with Crippen molar-refractivity contribution in [2.24, 2.45) is 0 Å². The van der Waals surface area contributed by atoms with Crippen LogP contribution in [0.1, 0.15) is 13.3 Å². The maximum atomic E-state index is 11.4. The molecule has 1 aromatic heterocycles. The second-order valence-electron chi connectivity index (χ2n) is 3.67. The van der Waals surface area contributed by atoms with Gasteiger partial charge in [-0.15, -0.1) is 11.8 Å². The molecule has 2 heterocycles. The number of thioether (sulfide) groups is 1. The Morgan fingerprint density at radius 2 is 2.39 bits per heavy atom. The lowest BCUT2D eigenvalue weighted by atomic mass is 10.2. The molecule has 0 aliphatic carbocycles. The molecule has 0 saturated carbocycles. The van der Waals surface area contributed by atoms with Crippen LogP contribution in [-0.2, 0) is 4.79 Å². The van der Waals surface area contributed by atoms with Gasteiger partial charge in [0.1, 0.15) is 17.3 Å². The first-order valence-electron chi connectivity index (χ1n) is 5.64. The van der Waals surface area contributed by atoms with Gasteiger partial charge in [-0.25, -0.2) is 4.98 Å². The molecular formula is C11H14N2O4S. The predicted octanol–water partition coefficient (Wildman–Crippen LogP) is 0.647. The molecule has 1 saturated heterocycles. The fourth-order valence-electron chi connectivity index (χ4n) is 1.52. The number of aromatic nitrogens is 2. The van der Waals surface area contributed by atoms with Crippen LogP contribution in [-0.4, -0.2) is 44.8 Å². The maximum absolute atomic E-state index is 11.4. The van der Waals surface area contributed by atoms with E-state index in [1.54, 1.807) is 6.07 Å². The molecule has 1 N–H and O–H groups in total. The van der Waals surface area contributed by atoms with E-state index in [9.17, 15) is 9.90 Å². The average molecular weight is 270 g/mol. The van der Waals surface area contributed by atoms with Crippen LogP contribution in [0.5, 0.6) is 11.9 Å². The Bertz CT molecular complexity index is 429. The third kappa shape index (κ3) is 3.33. The van der Waals surface area contributed by atoms with Crippen molar-refractivity contribution in [1.82, 2.24) is 9.97 Å². The van der Waals surface area contributed by atoms with Crippen LogP contribution in [0, 0.1) is 0 Å². The average Bonchev–Trinajstić information content (AvgIpc) is 2.66. The van der Waals surface area contributed by atoms with E-state index >= 15 is 0 Å². The number of aliphatic hydroxyl groups excluding tert-OH is 1. The summed E-state index contributed by atoms with van der Waals surface area (Å²) in [5.41, 5.74) is -0.623. The van der Waals surface area contributed by atoms with Gasteiger partial charge in [0.05, 0.1) is 6.61 Å². The van der Waals surface area contributed by atoms with Gasteiger partial charge in [-0.05, 0) is 6.92 Å². The molecule has 18 heavy (non-hydrogen) atoms. The monoisotopic (exact) mass is 270 g/mol. The van der Waals surface area contributed by atoms with Crippen LogP contribution < -0.4 is 9.47 Å². The molecule has 2 rings (SSSR count). The minimum atomic E-state index is -0.623. The topological polar surface area (TPSA) is 81.5 Å². The number of ketones is 1. The lowest BCUT2D eigenvalue weighted by Gasteiger charge is -2.09. The summed E-state index contributed by atoms with van der Waals surface area (Å²) in [6.45, 7) is 2.54. The number of carbonyl (C=O) groups is 1. The third-order valence-electron chi connectivity index (χ3n) is 2.32. The zero-order valence-electron chi connectivity index (χ0n) is 9.91. The van der Waals surface area contributed by atoms with Crippen molar-refractivity contribution in [3.63, 3.8) is 0 Å². The molecular weight excluding hydrogens is 256 g/mol. The summed E-state index contributed by atoms with van der Waals surface area (Å²) in [7, 11) is 0. The summed E-state index contributed by atoms with van der Waals surface area (Å²) < 4.78 is 10.6. The minimum absolute atomic E-state index is 0.00605. The van der Waals surface area contributed by atoms with Gasteiger partial charge in [0.15, 0.2) is 5.78 Å². The lowest BCUT2D eigenvalue weighted by molar-refractivity contribution is -0.119. The highest BCUT2D eigenvalue weighted by Crippen LogP contribution is 2.29. The van der Waals surface area contributed by atoms with E-state index in [0.717, 1.165) is 0 Å². The fraction of sp³-hybridized carbons (Fsp3) is 0.545. The molecule has 0 bridgehead atoms. The Balaban J connectivity index is 1.90. The molecule has 2 atom stereocenters. The van der Waals surface area contributed by atoms with Crippen molar-refractivity contribution in [2.45, 2.75) is 24.0 Å². The summed E-state index contributed by atoms with van der Waals surface area (Å²) in [5.74, 6) is 0.432. The largest absolute Gasteiger partial charge is 0.478 e. The number of hydrogen-bond donors (Lipinski definition) is 1. The molecule has 1 aliphatic rings. The molecule has 0 aromatic carbocycles. The Kier molecular flexibility index (Phi) is 4.38. The Morgan fingerprint density at radius 1 is 1.56 bits per heavy atom. The first-order valence-corrected chi connectivity index (χ1v) is 6.58. The van der Waals surface area contributed by atoms with Crippen molar-refractivity contribution in [3.8, 4) is 11.9 Å². The van der Waals surface area contributed by atoms with Crippen LogP contribution in [0.2, 0.25) is 0 Å². The zero-order chi connectivity index (χ0) is 13.0. The quantitative estimate of drug-likeness (QED) is 0.841. The number of nitrogens with zero attached hydrogens (tertiary/aromatic N) is 2. The van der Waals surface area contributed by atoms with E-state index in [2.05, 4.69) is 9.97 Å². The summed E-state index contributed by atoms with van der Waals surface area (Å²) in [5, 5.41) is 8.97. The van der Waals surface area contributed by atoms with Crippen molar-refractivity contribution in [1.29, 1.82) is 0 Å². The minimum Gasteiger partial charge on any atom is -0.478 e. The fourth-order valence-corrected chi connectivity index (χ4v) is 2.56. The Labute approximate surface area is 109 Å². The van der Waals surface area contributed by atoms with E-state index in [1.165, 1.54) is 18.0 Å². The number of aliphatic hydroxyl groups is 1. The maximum Gasteiger partial charge on any atom is 0.319 e. The van der Waals surface area contributed by atoms with Crippen molar-refractivity contribution in [2.75, 3.05) is 13.2 Å². The van der Waals surface area contributed by atoms with Crippen LogP contribution in [0.4, 0.5) is 0 Å². The number of rotatable bonds is 5. The lowest BCUT2D eigenvalue weighted by Crippen LogP contribution is -2.20. The van der Waals surface area contributed by atoms with Gasteiger partial charge in [-0.1, -0.05) is 0 Å². The summed E-state index contributed by atoms with van der Waals surface area (Å²) in [6, 6.07) is 1.81. The standard InChI is InChI=1S/C11H14N2O4S/c1-2-16-9-3-4-12-11(13-9)17-6-8-7(14)5-10(15)18-8/h3-4,8,10,15H,2,5-6H2,1H3. The number of hydrogen-bond acceptors (Lipinski definition) is 7. The van der Waals surface area contributed by atoms with E-state index in [4.69, 9.17) is 9.47 Å². The van der Waals surface area contributed by atoms with E-state index in [-0.39, 0.29) is 30.1 Å². The summed E-state index contributed by atoms with van der Waals surface area (Å²) in [4.78, 5) is 19.4. The van der Waals surface area contributed by atoms with Crippen LogP contribution in [0.3, 0.4) is 0 Å². The molecule has 7 heteroatoms. The molecule has 98 valence electrons. The summed E-state index contributed by atoms with van der Waals surface area (Å²) in [6.07, 6.45) is 1.71. The zero-order valence-corrected chi connectivity index (χ0v) is 10.7. The van der Waals surface area contributed by atoms with Gasteiger partial charge in [-0.2, -0.15) is 4.98 Å². The van der Waals surface area contributed by atoms with Gasteiger partial charge in [0, 0.05) is 18.7 Å². The van der Waals surface area contributed by atoms with Gasteiger partial charge < -0.3 is 14.6 Å². The van der Waals surface area contributed by atoms with Gasteiger partial charge in [0.25, 0.3) is 0 Å².